The van der Waals surface area contributed by atoms with Crippen molar-refractivity contribution in [2.24, 2.45) is 5.92 Å². The largest absolute Gasteiger partial charge is 0.341 e. The molecule has 1 amide bonds. The number of carbonyl (C=O) groups is 2. The highest BCUT2D eigenvalue weighted by molar-refractivity contribution is 8.13. The standard InChI is InChI=1S/C21H23NO2S/c1-16(23)25-15-17-12-21(24)22(13-17)14-20(18-8-4-2-5-9-18)19-10-6-3-7-11-19/h2-11,17,20H,12-15H2,1H3. The summed E-state index contributed by atoms with van der Waals surface area (Å²) in [6.07, 6.45) is 0.552. The smallest absolute Gasteiger partial charge is 0.222 e. The Morgan fingerprint density at radius 1 is 1.08 bits per heavy atom. The third-order valence-corrected chi connectivity index (χ3v) is 5.67. The lowest BCUT2D eigenvalue weighted by molar-refractivity contribution is -0.127. The van der Waals surface area contributed by atoms with Gasteiger partial charge in [-0.3, -0.25) is 9.59 Å². The number of nitrogens with zero attached hydrogens (tertiary/aromatic N) is 1. The normalized spacial score (nSPS) is 17.3. The summed E-state index contributed by atoms with van der Waals surface area (Å²) >= 11 is 1.33. The maximum absolute atomic E-state index is 12.5. The van der Waals surface area contributed by atoms with Crippen molar-refractivity contribution in [2.45, 2.75) is 19.3 Å². The van der Waals surface area contributed by atoms with E-state index in [4.69, 9.17) is 0 Å². The first-order valence-corrected chi connectivity index (χ1v) is 9.63. The monoisotopic (exact) mass is 353 g/mol. The zero-order valence-electron chi connectivity index (χ0n) is 14.4. The van der Waals surface area contributed by atoms with Crippen LogP contribution < -0.4 is 0 Å². The molecule has 2 aromatic rings. The summed E-state index contributed by atoms with van der Waals surface area (Å²) < 4.78 is 0. The number of hydrogen-bond donors (Lipinski definition) is 0. The van der Waals surface area contributed by atoms with Gasteiger partial charge in [0.1, 0.15) is 0 Å². The summed E-state index contributed by atoms with van der Waals surface area (Å²) in [6, 6.07) is 20.7. The average molecular weight is 353 g/mol. The Morgan fingerprint density at radius 3 is 2.16 bits per heavy atom. The van der Waals surface area contributed by atoms with E-state index >= 15 is 0 Å². The van der Waals surface area contributed by atoms with E-state index in [1.807, 2.05) is 41.3 Å². The molecule has 4 heteroatoms. The highest BCUT2D eigenvalue weighted by atomic mass is 32.2. The van der Waals surface area contributed by atoms with Gasteiger partial charge in [-0.2, -0.15) is 0 Å². The van der Waals surface area contributed by atoms with Crippen molar-refractivity contribution < 1.29 is 9.59 Å². The van der Waals surface area contributed by atoms with Crippen LogP contribution in [0.25, 0.3) is 0 Å². The molecule has 0 N–H and O–H groups in total. The second-order valence-electron chi connectivity index (χ2n) is 6.55. The molecule has 25 heavy (non-hydrogen) atoms. The molecule has 0 bridgehead atoms. The number of benzene rings is 2. The van der Waals surface area contributed by atoms with E-state index in [-0.39, 0.29) is 22.9 Å². The lowest BCUT2D eigenvalue weighted by Crippen LogP contribution is -2.30. The van der Waals surface area contributed by atoms with Crippen molar-refractivity contribution >= 4 is 22.8 Å². The van der Waals surface area contributed by atoms with Crippen molar-refractivity contribution in [3.8, 4) is 0 Å². The molecule has 130 valence electrons. The molecule has 1 fully saturated rings. The Balaban J connectivity index is 1.75. The first-order chi connectivity index (χ1) is 12.1. The summed E-state index contributed by atoms with van der Waals surface area (Å²) in [7, 11) is 0. The van der Waals surface area contributed by atoms with Crippen LogP contribution in [0.15, 0.2) is 60.7 Å². The summed E-state index contributed by atoms with van der Waals surface area (Å²) in [5.41, 5.74) is 2.45. The van der Waals surface area contributed by atoms with Crippen molar-refractivity contribution in [1.82, 2.24) is 4.90 Å². The number of thioether (sulfide) groups is 1. The van der Waals surface area contributed by atoms with Crippen LogP contribution in [-0.2, 0) is 9.59 Å². The van der Waals surface area contributed by atoms with Crippen LogP contribution in [0, 0.1) is 5.92 Å². The van der Waals surface area contributed by atoms with Gasteiger partial charge in [-0.05, 0) is 17.0 Å². The van der Waals surface area contributed by atoms with Crippen LogP contribution >= 0.6 is 11.8 Å². The molecule has 1 aliphatic rings. The van der Waals surface area contributed by atoms with Crippen LogP contribution in [-0.4, -0.2) is 34.8 Å². The minimum atomic E-state index is 0.123. The second kappa shape index (κ2) is 8.34. The van der Waals surface area contributed by atoms with Crippen molar-refractivity contribution in [1.29, 1.82) is 0 Å². The lowest BCUT2D eigenvalue weighted by Gasteiger charge is -2.25. The Labute approximate surface area is 153 Å². The van der Waals surface area contributed by atoms with Gasteiger partial charge < -0.3 is 4.90 Å². The average Bonchev–Trinajstić information content (AvgIpc) is 2.99. The number of hydrogen-bond acceptors (Lipinski definition) is 3. The number of rotatable bonds is 6. The summed E-state index contributed by atoms with van der Waals surface area (Å²) in [5, 5.41) is 0.123. The Bertz CT molecular complexity index is 678. The molecule has 0 aliphatic carbocycles. The predicted molar refractivity (Wildman–Crippen MR) is 103 cm³/mol. The highest BCUT2D eigenvalue weighted by Crippen LogP contribution is 2.29. The third-order valence-electron chi connectivity index (χ3n) is 4.62. The van der Waals surface area contributed by atoms with E-state index in [0.29, 0.717) is 13.0 Å². The topological polar surface area (TPSA) is 37.4 Å². The van der Waals surface area contributed by atoms with Gasteiger partial charge in [-0.25, -0.2) is 0 Å². The van der Waals surface area contributed by atoms with Crippen molar-refractivity contribution in [2.75, 3.05) is 18.8 Å². The quantitative estimate of drug-likeness (QED) is 0.789. The Hall–Kier alpha value is -2.07. The maximum Gasteiger partial charge on any atom is 0.222 e. The predicted octanol–water partition coefficient (Wildman–Crippen LogP) is 3.95. The highest BCUT2D eigenvalue weighted by Gasteiger charge is 2.31. The molecule has 1 heterocycles. The summed E-state index contributed by atoms with van der Waals surface area (Å²) in [4.78, 5) is 25.6. The third kappa shape index (κ3) is 4.73. The van der Waals surface area contributed by atoms with Crippen LogP contribution in [0.2, 0.25) is 0 Å². The zero-order valence-corrected chi connectivity index (χ0v) is 15.2. The van der Waals surface area contributed by atoms with Crippen LogP contribution in [0.5, 0.6) is 0 Å². The molecule has 0 spiro atoms. The Morgan fingerprint density at radius 2 is 1.64 bits per heavy atom. The minimum absolute atomic E-state index is 0.123. The van der Waals surface area contributed by atoms with Crippen molar-refractivity contribution in [3.63, 3.8) is 0 Å². The lowest BCUT2D eigenvalue weighted by atomic mass is 9.91. The van der Waals surface area contributed by atoms with E-state index in [9.17, 15) is 9.59 Å². The molecule has 1 aliphatic heterocycles. The molecule has 1 atom stereocenters. The SMILES string of the molecule is CC(=O)SCC1CC(=O)N(CC(c2ccccc2)c2ccccc2)C1. The van der Waals surface area contributed by atoms with Gasteiger partial charge in [0.25, 0.3) is 0 Å². The van der Waals surface area contributed by atoms with Gasteiger partial charge in [-0.1, -0.05) is 72.4 Å². The first-order valence-electron chi connectivity index (χ1n) is 8.64. The molecular formula is C21H23NO2S. The number of carbonyl (C=O) groups excluding carboxylic acids is 2. The van der Waals surface area contributed by atoms with Crippen LogP contribution in [0.1, 0.15) is 30.4 Å². The molecule has 3 nitrogen and oxygen atoms in total. The van der Waals surface area contributed by atoms with Gasteiger partial charge in [0.15, 0.2) is 5.12 Å². The number of likely N-dealkylation sites (tertiary alicyclic amines) is 1. The van der Waals surface area contributed by atoms with Crippen LogP contribution in [0.3, 0.4) is 0 Å². The molecule has 0 radical (unpaired) electrons. The first kappa shape index (κ1) is 17.7. The molecule has 0 saturated carbocycles. The molecule has 3 rings (SSSR count). The van der Waals surface area contributed by atoms with Gasteiger partial charge >= 0.3 is 0 Å². The van der Waals surface area contributed by atoms with E-state index in [0.717, 1.165) is 12.3 Å². The zero-order chi connectivity index (χ0) is 17.6. The fourth-order valence-corrected chi connectivity index (χ4v) is 4.07. The van der Waals surface area contributed by atoms with Gasteiger partial charge in [0.2, 0.25) is 5.91 Å². The molecular weight excluding hydrogens is 330 g/mol. The molecule has 1 unspecified atom stereocenters. The fourth-order valence-electron chi connectivity index (χ4n) is 3.37. The van der Waals surface area contributed by atoms with Crippen molar-refractivity contribution in [3.05, 3.63) is 71.8 Å². The maximum atomic E-state index is 12.5. The summed E-state index contributed by atoms with van der Waals surface area (Å²) in [5.74, 6) is 1.38. The van der Waals surface area contributed by atoms with Crippen LogP contribution in [0.4, 0.5) is 0 Å². The molecule has 0 aromatic heterocycles. The second-order valence-corrected chi connectivity index (χ2v) is 7.74. The minimum Gasteiger partial charge on any atom is -0.341 e. The van der Waals surface area contributed by atoms with Gasteiger partial charge in [0, 0.05) is 38.1 Å². The molecule has 1 saturated heterocycles. The van der Waals surface area contributed by atoms with E-state index in [1.54, 1.807) is 6.92 Å². The van der Waals surface area contributed by atoms with Gasteiger partial charge in [-0.15, -0.1) is 0 Å². The van der Waals surface area contributed by atoms with Gasteiger partial charge in [0.05, 0.1) is 0 Å². The summed E-state index contributed by atoms with van der Waals surface area (Å²) in [6.45, 7) is 3.02. The van der Waals surface area contributed by atoms with E-state index in [1.165, 1.54) is 22.9 Å². The van der Waals surface area contributed by atoms with E-state index < -0.39 is 0 Å². The molecule has 2 aromatic carbocycles. The van der Waals surface area contributed by atoms with E-state index in [2.05, 4.69) is 24.3 Å². The fraction of sp³-hybridized carbons (Fsp3) is 0.333. The number of amides is 1. The Kier molecular flexibility index (Phi) is 5.92.